The van der Waals surface area contributed by atoms with E-state index < -0.39 is 0 Å². The molecule has 1 nitrogen and oxygen atoms in total. The van der Waals surface area contributed by atoms with Crippen LogP contribution in [0.5, 0.6) is 0 Å². The van der Waals surface area contributed by atoms with E-state index >= 15 is 0 Å². The summed E-state index contributed by atoms with van der Waals surface area (Å²) >= 11 is 0. The van der Waals surface area contributed by atoms with Gasteiger partial charge in [0.2, 0.25) is 0 Å². The van der Waals surface area contributed by atoms with Gasteiger partial charge in [-0.05, 0) is 92.2 Å². The Hall–Kier alpha value is -1.89. The smallest absolute Gasteiger partial charge is 0.163 e. The summed E-state index contributed by atoms with van der Waals surface area (Å²) in [5.41, 5.74) is 6.16. The first kappa shape index (κ1) is 20.0. The van der Waals surface area contributed by atoms with Crippen molar-refractivity contribution in [3.05, 3.63) is 70.3 Å². The van der Waals surface area contributed by atoms with Crippen LogP contribution in [0.4, 0.5) is 0 Å². The molecule has 0 radical (unpaired) electrons. The first-order chi connectivity index (χ1) is 14.6. The Kier molecular flexibility index (Phi) is 5.56. The van der Waals surface area contributed by atoms with Gasteiger partial charge >= 0.3 is 0 Å². The number of ketones is 1. The number of aryl methyl sites for hydroxylation is 3. The molecular weight excluding hydrogens is 364 g/mol. The minimum Gasteiger partial charge on any atom is -0.294 e. The molecule has 2 aromatic carbocycles. The molecule has 0 saturated heterocycles. The molecule has 0 N–H and O–H groups in total. The van der Waals surface area contributed by atoms with E-state index in [1.54, 1.807) is 0 Å². The maximum Gasteiger partial charge on any atom is 0.163 e. The number of fused-ring (bicyclic) bond motifs is 2. The molecule has 0 amide bonds. The van der Waals surface area contributed by atoms with E-state index in [2.05, 4.69) is 50.2 Å². The zero-order valence-corrected chi connectivity index (χ0v) is 18.7. The van der Waals surface area contributed by atoms with Crippen molar-refractivity contribution < 1.29 is 4.79 Å². The van der Waals surface area contributed by atoms with Crippen LogP contribution in [0, 0.1) is 37.5 Å². The molecule has 1 heteroatoms. The molecule has 0 spiro atoms. The lowest BCUT2D eigenvalue weighted by atomic mass is 9.73. The van der Waals surface area contributed by atoms with Crippen molar-refractivity contribution in [3.63, 3.8) is 0 Å². The number of Topliss-reactive ketones (excluding diaryl/α,β-unsaturated/α-hetero) is 1. The normalized spacial score (nSPS) is 26.1. The zero-order valence-electron chi connectivity index (χ0n) is 18.7. The maximum atomic E-state index is 13.4. The van der Waals surface area contributed by atoms with Crippen LogP contribution in [0.2, 0.25) is 0 Å². The third-order valence-corrected chi connectivity index (χ3v) is 8.34. The number of hydrogen-bond acceptors (Lipinski definition) is 1. The van der Waals surface area contributed by atoms with Crippen molar-refractivity contribution in [1.82, 2.24) is 0 Å². The summed E-state index contributed by atoms with van der Waals surface area (Å²) in [6.45, 7) is 4.19. The van der Waals surface area contributed by atoms with E-state index in [0.29, 0.717) is 24.0 Å². The lowest BCUT2D eigenvalue weighted by Gasteiger charge is -2.31. The first-order valence-electron chi connectivity index (χ1n) is 12.3. The van der Waals surface area contributed by atoms with Gasteiger partial charge in [0.05, 0.1) is 0 Å². The van der Waals surface area contributed by atoms with E-state index in [4.69, 9.17) is 0 Å². The highest BCUT2D eigenvalue weighted by Gasteiger charge is 2.43. The Labute approximate surface area is 182 Å². The average Bonchev–Trinajstić information content (AvgIpc) is 3.33. The molecular formula is C29H36O. The topological polar surface area (TPSA) is 17.1 Å². The summed E-state index contributed by atoms with van der Waals surface area (Å²) in [6.07, 6.45) is 11.6. The van der Waals surface area contributed by atoms with Gasteiger partial charge in [0.25, 0.3) is 0 Å². The molecule has 5 rings (SSSR count). The van der Waals surface area contributed by atoms with Gasteiger partial charge in [0.1, 0.15) is 0 Å². The number of carbonyl (C=O) groups excluding carboxylic acids is 1. The number of carbonyl (C=O) groups is 1. The minimum atomic E-state index is 0.332. The first-order valence-corrected chi connectivity index (χ1v) is 12.3. The molecule has 0 aliphatic heterocycles. The Morgan fingerprint density at radius 2 is 1.77 bits per heavy atom. The van der Waals surface area contributed by atoms with E-state index in [1.807, 2.05) is 6.07 Å². The highest BCUT2D eigenvalue weighted by atomic mass is 16.1. The highest BCUT2D eigenvalue weighted by Crippen LogP contribution is 2.54. The number of benzene rings is 2. The van der Waals surface area contributed by atoms with Crippen LogP contribution < -0.4 is 0 Å². The molecule has 3 aliphatic carbocycles. The van der Waals surface area contributed by atoms with Gasteiger partial charge in [0.15, 0.2) is 5.78 Å². The molecule has 30 heavy (non-hydrogen) atoms. The monoisotopic (exact) mass is 400 g/mol. The van der Waals surface area contributed by atoms with Crippen molar-refractivity contribution in [2.75, 3.05) is 0 Å². The number of rotatable bonds is 8. The molecule has 158 valence electrons. The molecule has 3 saturated carbocycles. The van der Waals surface area contributed by atoms with Gasteiger partial charge in [0, 0.05) is 12.0 Å². The second-order valence-electron chi connectivity index (χ2n) is 10.6. The summed E-state index contributed by atoms with van der Waals surface area (Å²) in [4.78, 5) is 13.4. The van der Waals surface area contributed by atoms with Crippen molar-refractivity contribution in [2.24, 2.45) is 23.7 Å². The predicted molar refractivity (Wildman–Crippen MR) is 124 cm³/mol. The standard InChI is InChI=1S/C29H36O/c1-19-3-14-26(20(2)15-19)29(30)18-28(27-17-23-10-13-25(27)16-23)24-11-8-22(9-12-24)7-6-21-4-5-21/h3,8-9,11-12,14-15,21,23,25,27-28H,4-7,10,13,16-18H2,1-2H3/t23-,25+,27?,28-/m0/s1. The fourth-order valence-corrected chi connectivity index (χ4v) is 6.45. The van der Waals surface area contributed by atoms with Crippen molar-refractivity contribution in [2.45, 2.75) is 77.6 Å². The largest absolute Gasteiger partial charge is 0.294 e. The molecule has 4 atom stereocenters. The van der Waals surface area contributed by atoms with Crippen molar-refractivity contribution in [1.29, 1.82) is 0 Å². The van der Waals surface area contributed by atoms with Crippen LogP contribution in [0.1, 0.15) is 89.9 Å². The maximum absolute atomic E-state index is 13.4. The molecule has 2 aromatic rings. The molecule has 3 aliphatic rings. The minimum absolute atomic E-state index is 0.332. The Bertz CT molecular complexity index is 904. The van der Waals surface area contributed by atoms with Gasteiger partial charge < -0.3 is 0 Å². The Morgan fingerprint density at radius 1 is 0.967 bits per heavy atom. The predicted octanol–water partition coefficient (Wildman–Crippen LogP) is 7.44. The van der Waals surface area contributed by atoms with Gasteiger partial charge in [-0.2, -0.15) is 0 Å². The Balaban J connectivity index is 1.37. The third-order valence-electron chi connectivity index (χ3n) is 8.34. The van der Waals surface area contributed by atoms with Gasteiger partial charge in [-0.25, -0.2) is 0 Å². The van der Waals surface area contributed by atoms with Gasteiger partial charge in [-0.15, -0.1) is 0 Å². The van der Waals surface area contributed by atoms with Crippen molar-refractivity contribution >= 4 is 5.78 Å². The van der Waals surface area contributed by atoms with Crippen LogP contribution >= 0.6 is 0 Å². The van der Waals surface area contributed by atoms with Gasteiger partial charge in [-0.1, -0.05) is 67.3 Å². The summed E-state index contributed by atoms with van der Waals surface area (Å²) in [6, 6.07) is 15.7. The SMILES string of the molecule is Cc1ccc(C(=O)C[C@@H](c2ccc(CCC3CC3)cc2)C2C[C@H]3CC[C@@H]2C3)c(C)c1. The van der Waals surface area contributed by atoms with Crippen LogP contribution in [0.3, 0.4) is 0 Å². The van der Waals surface area contributed by atoms with Crippen LogP contribution in [0.25, 0.3) is 0 Å². The molecule has 0 aromatic heterocycles. The molecule has 0 heterocycles. The Morgan fingerprint density at radius 3 is 2.40 bits per heavy atom. The lowest BCUT2D eigenvalue weighted by molar-refractivity contribution is 0.0954. The fraction of sp³-hybridized carbons (Fsp3) is 0.552. The number of hydrogen-bond donors (Lipinski definition) is 0. The second kappa shape index (κ2) is 8.33. The van der Waals surface area contributed by atoms with E-state index in [9.17, 15) is 4.79 Å². The van der Waals surface area contributed by atoms with Crippen molar-refractivity contribution in [3.8, 4) is 0 Å². The molecule has 2 bridgehead atoms. The summed E-state index contributed by atoms with van der Waals surface area (Å²) in [7, 11) is 0. The van der Waals surface area contributed by atoms with Crippen LogP contribution in [-0.2, 0) is 6.42 Å². The highest BCUT2D eigenvalue weighted by molar-refractivity contribution is 5.98. The van der Waals surface area contributed by atoms with Crippen LogP contribution in [0.15, 0.2) is 42.5 Å². The summed E-state index contributed by atoms with van der Waals surface area (Å²) in [5.74, 6) is 4.14. The van der Waals surface area contributed by atoms with E-state index in [0.717, 1.165) is 28.9 Å². The molecule has 1 unspecified atom stereocenters. The van der Waals surface area contributed by atoms with E-state index in [1.165, 1.54) is 68.1 Å². The molecule has 3 fully saturated rings. The van der Waals surface area contributed by atoms with E-state index in [-0.39, 0.29) is 0 Å². The lowest BCUT2D eigenvalue weighted by Crippen LogP contribution is -2.22. The summed E-state index contributed by atoms with van der Waals surface area (Å²) < 4.78 is 0. The van der Waals surface area contributed by atoms with Crippen LogP contribution in [-0.4, -0.2) is 5.78 Å². The zero-order chi connectivity index (χ0) is 20.7. The average molecular weight is 401 g/mol. The third kappa shape index (κ3) is 4.27. The summed E-state index contributed by atoms with van der Waals surface area (Å²) in [5, 5.41) is 0. The van der Waals surface area contributed by atoms with Gasteiger partial charge in [-0.3, -0.25) is 4.79 Å². The fourth-order valence-electron chi connectivity index (χ4n) is 6.45. The second-order valence-corrected chi connectivity index (χ2v) is 10.6. The quantitative estimate of drug-likeness (QED) is 0.421.